The van der Waals surface area contributed by atoms with Crippen LogP contribution in [0.15, 0.2) is 77.4 Å². The minimum absolute atomic E-state index is 0.0500. The molecule has 0 spiro atoms. The number of benzene rings is 3. The van der Waals surface area contributed by atoms with E-state index < -0.39 is 0 Å². The maximum Gasteiger partial charge on any atom is 0.262 e. The highest BCUT2D eigenvalue weighted by molar-refractivity contribution is 5.92. The number of para-hydroxylation sites is 1. The molecule has 0 saturated carbocycles. The molecule has 4 rings (SSSR count). The number of amides is 1. The highest BCUT2D eigenvalue weighted by Gasteiger charge is 2.11. The highest BCUT2D eigenvalue weighted by atomic mass is 16.5. The van der Waals surface area contributed by atoms with E-state index in [4.69, 9.17) is 9.15 Å². The molecule has 0 atom stereocenters. The molecule has 1 heterocycles. The number of ether oxygens (including phenoxy) is 1. The van der Waals surface area contributed by atoms with Gasteiger partial charge in [-0.2, -0.15) is 0 Å². The van der Waals surface area contributed by atoms with Gasteiger partial charge in [0.2, 0.25) is 5.89 Å². The average Bonchev–Trinajstić information content (AvgIpc) is 3.23. The number of aromatic nitrogens is 1. The Morgan fingerprint density at radius 3 is 2.48 bits per heavy atom. The Balaban J connectivity index is 1.40. The third-order valence-electron chi connectivity index (χ3n) is 5.03. The summed E-state index contributed by atoms with van der Waals surface area (Å²) in [6.07, 6.45) is 1.67. The topological polar surface area (TPSA) is 64.4 Å². The quantitative estimate of drug-likeness (QED) is 0.425. The van der Waals surface area contributed by atoms with Gasteiger partial charge in [0.15, 0.2) is 6.61 Å². The van der Waals surface area contributed by atoms with E-state index in [-0.39, 0.29) is 12.5 Å². The van der Waals surface area contributed by atoms with Crippen molar-refractivity contribution >= 4 is 11.6 Å². The van der Waals surface area contributed by atoms with Gasteiger partial charge in [-0.1, -0.05) is 42.0 Å². The van der Waals surface area contributed by atoms with Gasteiger partial charge < -0.3 is 14.5 Å². The van der Waals surface area contributed by atoms with Crippen LogP contribution in [0, 0.1) is 20.8 Å². The van der Waals surface area contributed by atoms with Crippen LogP contribution in [0.25, 0.3) is 22.7 Å². The van der Waals surface area contributed by atoms with E-state index in [1.807, 2.05) is 55.5 Å². The lowest BCUT2D eigenvalue weighted by Crippen LogP contribution is -2.20. The molecule has 0 aliphatic heterocycles. The molecular weight excluding hydrogens is 388 g/mol. The summed E-state index contributed by atoms with van der Waals surface area (Å²) in [5.74, 6) is 1.02. The third-order valence-corrected chi connectivity index (χ3v) is 5.03. The maximum atomic E-state index is 12.2. The predicted octanol–water partition coefficient (Wildman–Crippen LogP) is 5.95. The summed E-state index contributed by atoms with van der Waals surface area (Å²) in [5, 5.41) is 2.84. The van der Waals surface area contributed by atoms with Crippen LogP contribution in [-0.2, 0) is 4.79 Å². The van der Waals surface area contributed by atoms with Gasteiger partial charge in [-0.05, 0) is 62.2 Å². The van der Waals surface area contributed by atoms with E-state index in [1.165, 1.54) is 5.56 Å². The first-order valence-electron chi connectivity index (χ1n) is 10.1. The molecule has 0 unspecified atom stereocenters. The van der Waals surface area contributed by atoms with Crippen LogP contribution in [0.4, 0.5) is 5.69 Å². The van der Waals surface area contributed by atoms with Crippen LogP contribution in [0.1, 0.15) is 16.7 Å². The van der Waals surface area contributed by atoms with E-state index in [0.717, 1.165) is 27.9 Å². The molecule has 3 aromatic carbocycles. The molecule has 0 aliphatic rings. The van der Waals surface area contributed by atoms with Crippen LogP contribution >= 0.6 is 0 Å². The molecule has 0 saturated heterocycles. The zero-order chi connectivity index (χ0) is 21.8. The van der Waals surface area contributed by atoms with Gasteiger partial charge in [-0.3, -0.25) is 4.79 Å². The fraction of sp³-hybridized carbons (Fsp3) is 0.154. The summed E-state index contributed by atoms with van der Waals surface area (Å²) < 4.78 is 11.3. The van der Waals surface area contributed by atoms with Crippen molar-refractivity contribution in [2.45, 2.75) is 20.8 Å². The Morgan fingerprint density at radius 2 is 1.74 bits per heavy atom. The van der Waals surface area contributed by atoms with Crippen molar-refractivity contribution in [2.24, 2.45) is 0 Å². The van der Waals surface area contributed by atoms with Crippen molar-refractivity contribution in [1.29, 1.82) is 0 Å². The van der Waals surface area contributed by atoms with Crippen molar-refractivity contribution in [3.63, 3.8) is 0 Å². The molecular formula is C26H24N2O3. The summed E-state index contributed by atoms with van der Waals surface area (Å²) >= 11 is 0. The van der Waals surface area contributed by atoms with Crippen molar-refractivity contribution in [1.82, 2.24) is 4.98 Å². The van der Waals surface area contributed by atoms with Crippen molar-refractivity contribution in [3.8, 4) is 28.5 Å². The Labute approximate surface area is 181 Å². The first kappa shape index (κ1) is 20.4. The van der Waals surface area contributed by atoms with E-state index in [1.54, 1.807) is 6.26 Å². The van der Waals surface area contributed by atoms with Gasteiger partial charge >= 0.3 is 0 Å². The lowest BCUT2D eigenvalue weighted by molar-refractivity contribution is -0.118. The second kappa shape index (κ2) is 8.88. The second-order valence-corrected chi connectivity index (χ2v) is 7.54. The SMILES string of the molecule is Cc1ccc(-c2coc(-c3ccc(NC(=O)COc4ccccc4C)cc3)n2)c(C)c1. The van der Waals surface area contributed by atoms with Crippen LogP contribution in [-0.4, -0.2) is 17.5 Å². The lowest BCUT2D eigenvalue weighted by Gasteiger charge is -2.09. The summed E-state index contributed by atoms with van der Waals surface area (Å²) in [4.78, 5) is 16.8. The number of aryl methyl sites for hydroxylation is 3. The molecule has 0 fully saturated rings. The summed E-state index contributed by atoms with van der Waals surface area (Å²) in [6, 6.07) is 21.2. The molecule has 1 amide bonds. The van der Waals surface area contributed by atoms with Gasteiger partial charge in [0.05, 0.1) is 0 Å². The highest BCUT2D eigenvalue weighted by Crippen LogP contribution is 2.28. The average molecular weight is 412 g/mol. The first-order valence-corrected chi connectivity index (χ1v) is 10.1. The van der Waals surface area contributed by atoms with Gasteiger partial charge in [0.1, 0.15) is 17.7 Å². The number of anilines is 1. The molecule has 31 heavy (non-hydrogen) atoms. The number of carbonyl (C=O) groups excluding carboxylic acids is 1. The molecule has 0 radical (unpaired) electrons. The van der Waals surface area contributed by atoms with Crippen molar-refractivity contribution in [2.75, 3.05) is 11.9 Å². The van der Waals surface area contributed by atoms with E-state index in [0.29, 0.717) is 17.3 Å². The normalized spacial score (nSPS) is 10.7. The number of rotatable bonds is 6. The fourth-order valence-corrected chi connectivity index (χ4v) is 3.39. The predicted molar refractivity (Wildman–Crippen MR) is 122 cm³/mol. The standard InChI is InChI=1S/C26H24N2O3/c1-17-8-13-22(19(3)14-17)23-15-31-26(28-23)20-9-11-21(12-10-20)27-25(29)16-30-24-7-5-4-6-18(24)2/h4-15H,16H2,1-3H3,(H,27,29). The van der Waals surface area contributed by atoms with Crippen LogP contribution in [0.2, 0.25) is 0 Å². The molecule has 0 aliphatic carbocycles. The van der Waals surface area contributed by atoms with Gasteiger partial charge in [0, 0.05) is 16.8 Å². The van der Waals surface area contributed by atoms with Crippen LogP contribution < -0.4 is 10.1 Å². The molecule has 5 nitrogen and oxygen atoms in total. The Bertz CT molecular complexity index is 1210. The number of nitrogens with zero attached hydrogens (tertiary/aromatic N) is 1. The number of carbonyl (C=O) groups is 1. The molecule has 1 aromatic heterocycles. The van der Waals surface area contributed by atoms with E-state index in [2.05, 4.69) is 42.3 Å². The number of hydrogen-bond donors (Lipinski definition) is 1. The lowest BCUT2D eigenvalue weighted by atomic mass is 10.0. The van der Waals surface area contributed by atoms with Gasteiger partial charge in [-0.15, -0.1) is 0 Å². The number of hydrogen-bond acceptors (Lipinski definition) is 4. The largest absolute Gasteiger partial charge is 0.483 e. The Hall–Kier alpha value is -3.86. The molecule has 5 heteroatoms. The molecule has 1 N–H and O–H groups in total. The minimum atomic E-state index is -0.218. The van der Waals surface area contributed by atoms with Crippen molar-refractivity contribution in [3.05, 3.63) is 89.7 Å². The minimum Gasteiger partial charge on any atom is -0.483 e. The smallest absolute Gasteiger partial charge is 0.262 e. The fourth-order valence-electron chi connectivity index (χ4n) is 3.39. The third kappa shape index (κ3) is 4.83. The summed E-state index contributed by atoms with van der Waals surface area (Å²) in [7, 11) is 0. The monoisotopic (exact) mass is 412 g/mol. The molecule has 156 valence electrons. The summed E-state index contributed by atoms with van der Waals surface area (Å²) in [6.45, 7) is 6.03. The summed E-state index contributed by atoms with van der Waals surface area (Å²) in [5.41, 5.74) is 6.74. The van der Waals surface area contributed by atoms with Crippen LogP contribution in [0.5, 0.6) is 5.75 Å². The van der Waals surface area contributed by atoms with Crippen LogP contribution in [0.3, 0.4) is 0 Å². The number of oxazole rings is 1. The Kier molecular flexibility index (Phi) is 5.85. The Morgan fingerprint density at radius 1 is 0.968 bits per heavy atom. The molecule has 4 aromatic rings. The number of nitrogens with one attached hydrogen (secondary N) is 1. The van der Waals surface area contributed by atoms with E-state index in [9.17, 15) is 4.79 Å². The van der Waals surface area contributed by atoms with Crippen molar-refractivity contribution < 1.29 is 13.9 Å². The van der Waals surface area contributed by atoms with Gasteiger partial charge in [-0.25, -0.2) is 4.98 Å². The first-order chi connectivity index (χ1) is 15.0. The zero-order valence-electron chi connectivity index (χ0n) is 17.8. The zero-order valence-corrected chi connectivity index (χ0v) is 17.8. The molecule has 0 bridgehead atoms. The van der Waals surface area contributed by atoms with E-state index >= 15 is 0 Å². The second-order valence-electron chi connectivity index (χ2n) is 7.54. The maximum absolute atomic E-state index is 12.2. The van der Waals surface area contributed by atoms with Gasteiger partial charge in [0.25, 0.3) is 5.91 Å².